The minimum Gasteiger partial charge on any atom is -0.444 e. The Hall–Kier alpha value is -2.76. The zero-order valence-electron chi connectivity index (χ0n) is 12.8. The number of hydrogen-bond acceptors (Lipinski definition) is 4. The molecule has 1 saturated heterocycles. The normalized spacial score (nSPS) is 23.0. The van der Waals surface area contributed by atoms with Crippen LogP contribution in [0, 0.1) is 17.7 Å². The second kappa shape index (κ2) is 5.70. The van der Waals surface area contributed by atoms with E-state index in [2.05, 4.69) is 4.98 Å². The maximum Gasteiger partial charge on any atom is 0.233 e. The van der Waals surface area contributed by atoms with Gasteiger partial charge in [0.05, 0.1) is 24.1 Å². The smallest absolute Gasteiger partial charge is 0.233 e. The van der Waals surface area contributed by atoms with Crippen LogP contribution in [0.4, 0.5) is 4.39 Å². The lowest BCUT2D eigenvalue weighted by molar-refractivity contribution is -0.140. The first kappa shape index (κ1) is 14.8. The van der Waals surface area contributed by atoms with Crippen molar-refractivity contribution in [1.82, 2.24) is 9.88 Å². The van der Waals surface area contributed by atoms with Crippen LogP contribution < -0.4 is 0 Å². The van der Waals surface area contributed by atoms with Crippen LogP contribution >= 0.6 is 0 Å². The number of halogens is 1. The molecule has 1 aromatic heterocycles. The summed E-state index contributed by atoms with van der Waals surface area (Å²) in [6, 6.07) is 5.78. The quantitative estimate of drug-likeness (QED) is 0.643. The van der Waals surface area contributed by atoms with Gasteiger partial charge in [-0.1, -0.05) is 12.2 Å². The first-order chi connectivity index (χ1) is 11.6. The number of benzene rings is 1. The van der Waals surface area contributed by atoms with Gasteiger partial charge in [0.15, 0.2) is 0 Å². The fourth-order valence-electron chi connectivity index (χ4n) is 3.29. The number of amides is 2. The lowest BCUT2D eigenvalue weighted by atomic mass is 9.85. The number of fused-ring (bicyclic) bond motifs is 1. The fourth-order valence-corrected chi connectivity index (χ4v) is 3.29. The average molecular weight is 326 g/mol. The van der Waals surface area contributed by atoms with Crippen LogP contribution in [-0.4, -0.2) is 21.7 Å². The van der Waals surface area contributed by atoms with Crippen LogP contribution in [-0.2, 0) is 16.1 Å². The molecule has 1 aliphatic carbocycles. The maximum absolute atomic E-state index is 13.0. The first-order valence-corrected chi connectivity index (χ1v) is 7.84. The third kappa shape index (κ3) is 2.44. The minimum absolute atomic E-state index is 0.107. The van der Waals surface area contributed by atoms with Crippen molar-refractivity contribution in [3.63, 3.8) is 0 Å². The van der Waals surface area contributed by atoms with E-state index in [1.165, 1.54) is 23.3 Å². The third-order valence-corrected chi connectivity index (χ3v) is 4.56. The fraction of sp³-hybridized carbons (Fsp3) is 0.278. The van der Waals surface area contributed by atoms with Gasteiger partial charge in [-0.15, -0.1) is 0 Å². The van der Waals surface area contributed by atoms with E-state index in [0.29, 0.717) is 30.0 Å². The molecule has 0 saturated carbocycles. The van der Waals surface area contributed by atoms with Crippen molar-refractivity contribution in [3.05, 3.63) is 54.2 Å². The van der Waals surface area contributed by atoms with Crippen LogP contribution in [0.3, 0.4) is 0 Å². The summed E-state index contributed by atoms with van der Waals surface area (Å²) < 4.78 is 18.4. The van der Waals surface area contributed by atoms with Crippen molar-refractivity contribution in [1.29, 1.82) is 0 Å². The lowest BCUT2D eigenvalue weighted by Gasteiger charge is -2.14. The number of imide groups is 1. The van der Waals surface area contributed by atoms with E-state index < -0.39 is 0 Å². The molecule has 2 amide bonds. The van der Waals surface area contributed by atoms with Crippen molar-refractivity contribution in [2.75, 3.05) is 0 Å². The summed E-state index contributed by atoms with van der Waals surface area (Å²) in [5.74, 6) is -0.767. The Morgan fingerprint density at radius 1 is 1.08 bits per heavy atom. The van der Waals surface area contributed by atoms with E-state index in [9.17, 15) is 14.0 Å². The topological polar surface area (TPSA) is 63.4 Å². The number of carbonyl (C=O) groups is 2. The summed E-state index contributed by atoms with van der Waals surface area (Å²) in [5, 5.41) is 0. The molecule has 2 aliphatic rings. The number of allylic oxidation sites excluding steroid dienone is 2. The van der Waals surface area contributed by atoms with Crippen LogP contribution in [0.5, 0.6) is 0 Å². The van der Waals surface area contributed by atoms with E-state index in [1.807, 2.05) is 12.2 Å². The summed E-state index contributed by atoms with van der Waals surface area (Å²) in [5.41, 5.74) is 1.14. The van der Waals surface area contributed by atoms with Gasteiger partial charge in [-0.25, -0.2) is 9.37 Å². The van der Waals surface area contributed by atoms with Gasteiger partial charge in [0.2, 0.25) is 17.7 Å². The van der Waals surface area contributed by atoms with Gasteiger partial charge in [-0.05, 0) is 37.1 Å². The molecule has 1 aromatic carbocycles. The second-order valence-electron chi connectivity index (χ2n) is 6.07. The first-order valence-electron chi connectivity index (χ1n) is 7.84. The zero-order chi connectivity index (χ0) is 16.7. The van der Waals surface area contributed by atoms with Gasteiger partial charge in [-0.2, -0.15) is 0 Å². The van der Waals surface area contributed by atoms with E-state index in [-0.39, 0.29) is 36.0 Å². The molecule has 5 nitrogen and oxygen atoms in total. The maximum atomic E-state index is 13.0. The van der Waals surface area contributed by atoms with Gasteiger partial charge in [0.1, 0.15) is 12.1 Å². The van der Waals surface area contributed by atoms with Gasteiger partial charge in [0, 0.05) is 5.56 Å². The van der Waals surface area contributed by atoms with Gasteiger partial charge < -0.3 is 4.42 Å². The molecule has 24 heavy (non-hydrogen) atoms. The number of hydrogen-bond donors (Lipinski definition) is 0. The highest BCUT2D eigenvalue weighted by Crippen LogP contribution is 2.35. The second-order valence-corrected chi connectivity index (χ2v) is 6.07. The molecule has 6 heteroatoms. The Morgan fingerprint density at radius 2 is 1.71 bits per heavy atom. The molecule has 0 unspecified atom stereocenters. The molecular weight excluding hydrogens is 311 g/mol. The van der Waals surface area contributed by atoms with E-state index >= 15 is 0 Å². The van der Waals surface area contributed by atoms with Crippen LogP contribution in [0.1, 0.15) is 18.5 Å². The third-order valence-electron chi connectivity index (χ3n) is 4.56. The Balaban J connectivity index is 1.53. The molecule has 1 fully saturated rings. The lowest BCUT2D eigenvalue weighted by Crippen LogP contribution is -2.30. The Labute approximate surface area is 137 Å². The summed E-state index contributed by atoms with van der Waals surface area (Å²) >= 11 is 0. The molecule has 0 spiro atoms. The highest BCUT2D eigenvalue weighted by atomic mass is 19.1. The number of carbonyl (C=O) groups excluding carboxylic acids is 2. The van der Waals surface area contributed by atoms with Crippen molar-refractivity contribution in [3.8, 4) is 11.5 Å². The minimum atomic E-state index is -0.338. The SMILES string of the molecule is O=C1[C@H]2CC=CC[C@@H]2C(=O)N1Cc1coc(-c2ccc(F)cc2)n1. The predicted octanol–water partition coefficient (Wildman–Crippen LogP) is 2.93. The summed E-state index contributed by atoms with van der Waals surface area (Å²) in [6.07, 6.45) is 6.58. The number of rotatable bonds is 3. The molecule has 0 N–H and O–H groups in total. The molecular formula is C18H15FN2O3. The molecule has 122 valence electrons. The van der Waals surface area contributed by atoms with Crippen LogP contribution in [0.15, 0.2) is 47.1 Å². The molecule has 0 radical (unpaired) electrons. The monoisotopic (exact) mass is 326 g/mol. The number of oxazole rings is 1. The Bertz CT molecular complexity index is 799. The number of aromatic nitrogens is 1. The molecule has 4 rings (SSSR count). The highest BCUT2D eigenvalue weighted by molar-refractivity contribution is 6.05. The highest BCUT2D eigenvalue weighted by Gasteiger charge is 2.47. The van der Waals surface area contributed by atoms with Crippen molar-refractivity contribution in [2.45, 2.75) is 19.4 Å². The standard InChI is InChI=1S/C18H15FN2O3/c19-12-7-5-11(6-8-12)16-20-13(10-24-16)9-21-17(22)14-3-1-2-4-15(14)18(21)23/h1-2,5-8,10,14-15H,3-4,9H2/t14-,15-/m0/s1. The molecule has 0 bridgehead atoms. The zero-order valence-corrected chi connectivity index (χ0v) is 12.8. The van der Waals surface area contributed by atoms with Crippen molar-refractivity contribution < 1.29 is 18.4 Å². The Morgan fingerprint density at radius 3 is 2.33 bits per heavy atom. The summed E-state index contributed by atoms with van der Waals surface area (Å²) in [7, 11) is 0. The number of likely N-dealkylation sites (tertiary alicyclic amines) is 1. The molecule has 2 atom stereocenters. The van der Waals surface area contributed by atoms with Crippen LogP contribution in [0.2, 0.25) is 0 Å². The molecule has 2 heterocycles. The van der Waals surface area contributed by atoms with Gasteiger partial charge >= 0.3 is 0 Å². The van der Waals surface area contributed by atoms with Gasteiger partial charge in [-0.3, -0.25) is 14.5 Å². The molecule has 2 aromatic rings. The van der Waals surface area contributed by atoms with E-state index in [1.54, 1.807) is 12.1 Å². The van der Waals surface area contributed by atoms with E-state index in [0.717, 1.165) is 0 Å². The average Bonchev–Trinajstić information content (AvgIpc) is 3.16. The summed E-state index contributed by atoms with van der Waals surface area (Å²) in [6.45, 7) is 0.107. The van der Waals surface area contributed by atoms with Crippen molar-refractivity contribution in [2.24, 2.45) is 11.8 Å². The Kier molecular flexibility index (Phi) is 3.52. The largest absolute Gasteiger partial charge is 0.444 e. The van der Waals surface area contributed by atoms with Gasteiger partial charge in [0.25, 0.3) is 0 Å². The van der Waals surface area contributed by atoms with E-state index in [4.69, 9.17) is 4.42 Å². The predicted molar refractivity (Wildman–Crippen MR) is 82.8 cm³/mol. The number of nitrogens with zero attached hydrogens (tertiary/aromatic N) is 2. The summed E-state index contributed by atoms with van der Waals surface area (Å²) in [4.78, 5) is 30.5. The molecule has 1 aliphatic heterocycles. The van der Waals surface area contributed by atoms with Crippen molar-refractivity contribution >= 4 is 11.8 Å². The van der Waals surface area contributed by atoms with Crippen LogP contribution in [0.25, 0.3) is 11.5 Å².